The van der Waals surface area contributed by atoms with E-state index >= 15 is 0 Å². The van der Waals surface area contributed by atoms with Crippen LogP contribution in [0.2, 0.25) is 0 Å². The molecule has 1 aliphatic heterocycles. The first-order valence-electron chi connectivity index (χ1n) is 11.0. The molecule has 1 amide bonds. The Balaban J connectivity index is 1.58. The molecule has 0 spiro atoms. The molecular weight excluding hydrogens is 442 g/mol. The summed E-state index contributed by atoms with van der Waals surface area (Å²) in [6, 6.07) is 9.93. The number of hydrogen-bond donors (Lipinski definition) is 1. The van der Waals surface area contributed by atoms with Crippen LogP contribution < -0.4 is 11.1 Å². The van der Waals surface area contributed by atoms with Crippen LogP contribution in [0.4, 0.5) is 5.69 Å². The first-order chi connectivity index (χ1) is 15.5. The van der Waals surface area contributed by atoms with Gasteiger partial charge in [-0.25, -0.2) is 13.2 Å². The Bertz CT molecular complexity index is 1360. The molecule has 1 N–H and O–H groups in total. The zero-order chi connectivity index (χ0) is 23.9. The quantitative estimate of drug-likeness (QED) is 0.614. The zero-order valence-corrected chi connectivity index (χ0v) is 20.1. The van der Waals surface area contributed by atoms with Crippen molar-refractivity contribution in [3.63, 3.8) is 0 Å². The van der Waals surface area contributed by atoms with Crippen molar-refractivity contribution in [3.8, 4) is 0 Å². The fourth-order valence-corrected chi connectivity index (χ4v) is 6.17. The van der Waals surface area contributed by atoms with E-state index in [2.05, 4.69) is 5.32 Å². The van der Waals surface area contributed by atoms with Gasteiger partial charge >= 0.3 is 5.76 Å². The standard InChI is InChI=1S/C24H29N3O5S/c1-15-9-16(2)13-26(12-15)33(30,31)20-7-8-21-22(11-20)32-24(29)27(21)14-23(28)25-19-6-5-17(3)18(4)10-19/h5-8,10-11,15-16H,9,12-14H2,1-4H3,(H,25,28)/t15-,16-/m1/s1. The number of aromatic nitrogens is 1. The third kappa shape index (κ3) is 4.74. The van der Waals surface area contributed by atoms with Gasteiger partial charge in [-0.2, -0.15) is 4.31 Å². The van der Waals surface area contributed by atoms with Crippen molar-refractivity contribution in [2.45, 2.75) is 45.6 Å². The Kier molecular flexibility index (Phi) is 6.20. The molecule has 3 aromatic rings. The Hall–Kier alpha value is -2.91. The van der Waals surface area contributed by atoms with Gasteiger partial charge in [0.25, 0.3) is 0 Å². The van der Waals surface area contributed by atoms with E-state index < -0.39 is 15.8 Å². The van der Waals surface area contributed by atoms with Crippen molar-refractivity contribution in [2.75, 3.05) is 18.4 Å². The number of benzene rings is 2. The van der Waals surface area contributed by atoms with Crippen LogP contribution in [0.5, 0.6) is 0 Å². The van der Waals surface area contributed by atoms with E-state index in [9.17, 15) is 18.0 Å². The molecule has 9 heteroatoms. The number of sulfonamides is 1. The highest BCUT2D eigenvalue weighted by Gasteiger charge is 2.32. The number of carbonyl (C=O) groups excluding carboxylic acids is 1. The Morgan fingerprint density at radius 2 is 1.76 bits per heavy atom. The molecule has 8 nitrogen and oxygen atoms in total. The maximum Gasteiger partial charge on any atom is 0.420 e. The smallest absolute Gasteiger partial charge is 0.408 e. The third-order valence-electron chi connectivity index (χ3n) is 6.21. The number of aryl methyl sites for hydroxylation is 2. The molecule has 1 aliphatic rings. The third-order valence-corrected chi connectivity index (χ3v) is 8.03. The van der Waals surface area contributed by atoms with Crippen molar-refractivity contribution in [2.24, 2.45) is 11.8 Å². The maximum absolute atomic E-state index is 13.2. The lowest BCUT2D eigenvalue weighted by Crippen LogP contribution is -2.42. The summed E-state index contributed by atoms with van der Waals surface area (Å²) in [6.45, 7) is 8.72. The first kappa shape index (κ1) is 23.3. The summed E-state index contributed by atoms with van der Waals surface area (Å²) < 4.78 is 34.4. The normalized spacial score (nSPS) is 19.6. The first-order valence-corrected chi connectivity index (χ1v) is 12.5. The van der Waals surface area contributed by atoms with Crippen molar-refractivity contribution in [1.82, 2.24) is 8.87 Å². The molecule has 33 heavy (non-hydrogen) atoms. The number of rotatable bonds is 5. The average molecular weight is 472 g/mol. The molecule has 1 aromatic heterocycles. The second-order valence-electron chi connectivity index (χ2n) is 9.20. The lowest BCUT2D eigenvalue weighted by atomic mass is 9.94. The highest BCUT2D eigenvalue weighted by molar-refractivity contribution is 7.89. The summed E-state index contributed by atoms with van der Waals surface area (Å²) in [7, 11) is -3.71. The van der Waals surface area contributed by atoms with Crippen LogP contribution in [-0.2, 0) is 21.4 Å². The summed E-state index contributed by atoms with van der Waals surface area (Å²) in [5.41, 5.74) is 3.31. The molecule has 1 saturated heterocycles. The van der Waals surface area contributed by atoms with Gasteiger partial charge in [-0.05, 0) is 67.5 Å². The van der Waals surface area contributed by atoms with Crippen LogP contribution in [0, 0.1) is 25.7 Å². The minimum Gasteiger partial charge on any atom is -0.408 e. The van der Waals surface area contributed by atoms with Gasteiger partial charge in [-0.15, -0.1) is 0 Å². The topological polar surface area (TPSA) is 102 Å². The Morgan fingerprint density at radius 3 is 2.42 bits per heavy atom. The number of carbonyl (C=O) groups is 1. The van der Waals surface area contributed by atoms with E-state index in [1.54, 1.807) is 6.07 Å². The van der Waals surface area contributed by atoms with Gasteiger partial charge in [0.2, 0.25) is 15.9 Å². The van der Waals surface area contributed by atoms with Gasteiger partial charge in [-0.3, -0.25) is 9.36 Å². The van der Waals surface area contributed by atoms with Crippen molar-refractivity contribution in [1.29, 1.82) is 0 Å². The van der Waals surface area contributed by atoms with Crippen LogP contribution in [-0.4, -0.2) is 36.3 Å². The minimum atomic E-state index is -3.71. The summed E-state index contributed by atoms with van der Waals surface area (Å²) in [6.07, 6.45) is 0.993. The largest absolute Gasteiger partial charge is 0.420 e. The molecule has 1 fully saturated rings. The van der Waals surface area contributed by atoms with Crippen LogP contribution in [0.25, 0.3) is 11.1 Å². The molecule has 0 unspecified atom stereocenters. The van der Waals surface area contributed by atoms with Gasteiger partial charge in [0.1, 0.15) is 6.54 Å². The van der Waals surface area contributed by atoms with E-state index in [0.29, 0.717) is 24.3 Å². The molecule has 2 heterocycles. The molecular formula is C24H29N3O5S. The fourth-order valence-electron chi connectivity index (χ4n) is 4.47. The number of amides is 1. The van der Waals surface area contributed by atoms with Crippen LogP contribution in [0.15, 0.2) is 50.5 Å². The number of fused-ring (bicyclic) bond motifs is 1. The number of oxazole rings is 1. The molecule has 2 aromatic carbocycles. The van der Waals surface area contributed by atoms with Gasteiger partial charge in [0.15, 0.2) is 5.58 Å². The van der Waals surface area contributed by atoms with Gasteiger partial charge in [0, 0.05) is 24.8 Å². The molecule has 0 bridgehead atoms. The molecule has 0 radical (unpaired) electrons. The monoisotopic (exact) mass is 471 g/mol. The highest BCUT2D eigenvalue weighted by atomic mass is 32.2. The number of nitrogens with zero attached hydrogens (tertiary/aromatic N) is 2. The number of hydrogen-bond acceptors (Lipinski definition) is 5. The van der Waals surface area contributed by atoms with Crippen LogP contribution in [0.3, 0.4) is 0 Å². The molecule has 176 valence electrons. The molecule has 0 aliphatic carbocycles. The van der Waals surface area contributed by atoms with Crippen LogP contribution >= 0.6 is 0 Å². The highest BCUT2D eigenvalue weighted by Crippen LogP contribution is 2.28. The van der Waals surface area contributed by atoms with E-state index in [1.165, 1.54) is 27.1 Å². The lowest BCUT2D eigenvalue weighted by molar-refractivity contribution is -0.116. The predicted octanol–water partition coefficient (Wildman–Crippen LogP) is 3.52. The van der Waals surface area contributed by atoms with E-state index in [-0.39, 0.29) is 34.8 Å². The molecule has 2 atom stereocenters. The summed E-state index contributed by atoms with van der Waals surface area (Å²) in [5.74, 6) is -0.532. The Morgan fingerprint density at radius 1 is 1.06 bits per heavy atom. The van der Waals surface area contributed by atoms with Gasteiger partial charge in [-0.1, -0.05) is 19.9 Å². The zero-order valence-electron chi connectivity index (χ0n) is 19.3. The van der Waals surface area contributed by atoms with Gasteiger partial charge in [0.05, 0.1) is 10.4 Å². The minimum absolute atomic E-state index is 0.0804. The van der Waals surface area contributed by atoms with Gasteiger partial charge < -0.3 is 9.73 Å². The predicted molar refractivity (Wildman–Crippen MR) is 127 cm³/mol. The molecule has 0 saturated carbocycles. The van der Waals surface area contributed by atoms with E-state index in [1.807, 2.05) is 39.8 Å². The Labute approximate surface area is 193 Å². The SMILES string of the molecule is Cc1ccc(NC(=O)Cn2c(=O)oc3cc(S(=O)(=O)N4C[C@H](C)C[C@@H](C)C4)ccc32)cc1C. The maximum atomic E-state index is 13.2. The number of anilines is 1. The molecule has 4 rings (SSSR count). The number of piperidine rings is 1. The van der Waals surface area contributed by atoms with Crippen LogP contribution in [0.1, 0.15) is 31.4 Å². The summed E-state index contributed by atoms with van der Waals surface area (Å²) in [4.78, 5) is 25.1. The van der Waals surface area contributed by atoms with E-state index in [4.69, 9.17) is 4.42 Å². The average Bonchev–Trinajstić information content (AvgIpc) is 3.04. The summed E-state index contributed by atoms with van der Waals surface area (Å²) in [5, 5.41) is 2.78. The summed E-state index contributed by atoms with van der Waals surface area (Å²) >= 11 is 0. The second kappa shape index (κ2) is 8.79. The lowest BCUT2D eigenvalue weighted by Gasteiger charge is -2.34. The van der Waals surface area contributed by atoms with Crippen molar-refractivity contribution < 1.29 is 17.6 Å². The number of nitrogens with one attached hydrogen (secondary N) is 1. The van der Waals surface area contributed by atoms with E-state index in [0.717, 1.165) is 17.5 Å². The van der Waals surface area contributed by atoms with Crippen molar-refractivity contribution >= 4 is 32.7 Å². The van der Waals surface area contributed by atoms with Crippen molar-refractivity contribution in [3.05, 3.63) is 58.1 Å². The fraction of sp³-hybridized carbons (Fsp3) is 0.417. The second-order valence-corrected chi connectivity index (χ2v) is 11.1.